The molecule has 2 aromatic rings. The number of likely N-dealkylation sites (N-methyl/N-ethyl adjacent to an activating group) is 1. The number of ether oxygens (including phenoxy) is 1. The molecule has 0 aliphatic rings. The number of para-hydroxylation sites is 1. The minimum atomic E-state index is 0.169. The number of nitrogens with one attached hydrogen (secondary N) is 2. The van der Waals surface area contributed by atoms with Crippen LogP contribution in [-0.2, 0) is 6.42 Å². The van der Waals surface area contributed by atoms with E-state index in [-0.39, 0.29) is 6.04 Å². The van der Waals surface area contributed by atoms with Crippen molar-refractivity contribution in [3.63, 3.8) is 0 Å². The molecule has 6 heteroatoms. The van der Waals surface area contributed by atoms with Gasteiger partial charge in [0.25, 0.3) is 0 Å². The predicted molar refractivity (Wildman–Crippen MR) is 110 cm³/mol. The van der Waals surface area contributed by atoms with Gasteiger partial charge in [0.2, 0.25) is 0 Å². The van der Waals surface area contributed by atoms with Crippen LogP contribution in [0.25, 0.3) is 0 Å². The summed E-state index contributed by atoms with van der Waals surface area (Å²) in [4.78, 5) is 6.71. The second-order valence-electron chi connectivity index (χ2n) is 6.19. The van der Waals surface area contributed by atoms with Crippen molar-refractivity contribution in [1.82, 2.24) is 15.5 Å². The van der Waals surface area contributed by atoms with E-state index >= 15 is 0 Å². The van der Waals surface area contributed by atoms with Crippen molar-refractivity contribution in [2.24, 2.45) is 4.99 Å². The summed E-state index contributed by atoms with van der Waals surface area (Å²) in [5.74, 6) is 2.67. The van der Waals surface area contributed by atoms with E-state index in [0.717, 1.165) is 50.1 Å². The van der Waals surface area contributed by atoms with E-state index < -0.39 is 0 Å². The van der Waals surface area contributed by atoms with Gasteiger partial charge in [-0.05, 0) is 43.3 Å². The Labute approximate surface area is 162 Å². The summed E-state index contributed by atoms with van der Waals surface area (Å²) in [6.45, 7) is 7.76. The largest absolute Gasteiger partial charge is 0.496 e. The summed E-state index contributed by atoms with van der Waals surface area (Å²) in [6.07, 6.45) is 2.59. The molecule has 0 bridgehead atoms. The first-order valence-electron chi connectivity index (χ1n) is 9.57. The Bertz CT molecular complexity index is 681. The molecule has 0 aliphatic carbocycles. The summed E-state index contributed by atoms with van der Waals surface area (Å²) >= 11 is 0. The highest BCUT2D eigenvalue weighted by Crippen LogP contribution is 2.20. The van der Waals surface area contributed by atoms with Crippen LogP contribution in [0.5, 0.6) is 5.75 Å². The third-order valence-corrected chi connectivity index (χ3v) is 4.69. The molecule has 0 amide bonds. The number of rotatable bonds is 10. The topological polar surface area (TPSA) is 62.0 Å². The first kappa shape index (κ1) is 20.8. The smallest absolute Gasteiger partial charge is 0.191 e. The quantitative estimate of drug-likeness (QED) is 0.496. The molecular weight excluding hydrogens is 340 g/mol. The first-order valence-corrected chi connectivity index (χ1v) is 9.57. The zero-order chi connectivity index (χ0) is 19.5. The van der Waals surface area contributed by atoms with E-state index in [4.69, 9.17) is 9.15 Å². The summed E-state index contributed by atoms with van der Waals surface area (Å²) in [7, 11) is 3.49. The number of hydrogen-bond acceptors (Lipinski definition) is 4. The van der Waals surface area contributed by atoms with Crippen LogP contribution in [0.1, 0.15) is 31.2 Å². The van der Waals surface area contributed by atoms with Gasteiger partial charge in [0.15, 0.2) is 5.96 Å². The summed E-state index contributed by atoms with van der Waals surface area (Å²) in [6, 6.07) is 12.2. The Balaban J connectivity index is 1.90. The molecule has 1 aromatic carbocycles. The Morgan fingerprint density at radius 2 is 1.93 bits per heavy atom. The molecule has 1 aromatic heterocycles. The lowest BCUT2D eigenvalue weighted by Gasteiger charge is -2.28. The highest BCUT2D eigenvalue weighted by Gasteiger charge is 2.20. The Morgan fingerprint density at radius 1 is 1.15 bits per heavy atom. The van der Waals surface area contributed by atoms with Gasteiger partial charge in [0.1, 0.15) is 11.5 Å². The molecule has 6 nitrogen and oxygen atoms in total. The number of guanidine groups is 1. The highest BCUT2D eigenvalue weighted by molar-refractivity contribution is 5.79. The van der Waals surface area contributed by atoms with Crippen molar-refractivity contribution in [3.8, 4) is 5.75 Å². The molecular formula is C21H32N4O2. The number of aliphatic imine (C=N–C) groups is 1. The minimum Gasteiger partial charge on any atom is -0.496 e. The lowest BCUT2D eigenvalue weighted by molar-refractivity contribution is 0.193. The number of nitrogens with zero attached hydrogens (tertiary/aromatic N) is 2. The second kappa shape index (κ2) is 11.3. The molecule has 148 valence electrons. The van der Waals surface area contributed by atoms with Crippen molar-refractivity contribution >= 4 is 5.96 Å². The molecule has 1 unspecified atom stereocenters. The van der Waals surface area contributed by atoms with Crippen molar-refractivity contribution < 1.29 is 9.15 Å². The van der Waals surface area contributed by atoms with Gasteiger partial charge >= 0.3 is 0 Å². The molecule has 2 N–H and O–H groups in total. The van der Waals surface area contributed by atoms with Gasteiger partial charge in [0, 0.05) is 20.1 Å². The van der Waals surface area contributed by atoms with Crippen LogP contribution >= 0.6 is 0 Å². The van der Waals surface area contributed by atoms with E-state index in [1.165, 1.54) is 5.56 Å². The average Bonchev–Trinajstić information content (AvgIpc) is 3.24. The fraction of sp³-hybridized carbons (Fsp3) is 0.476. The molecule has 0 radical (unpaired) electrons. The number of benzene rings is 1. The summed E-state index contributed by atoms with van der Waals surface area (Å²) in [5.41, 5.74) is 1.18. The molecule has 27 heavy (non-hydrogen) atoms. The highest BCUT2D eigenvalue weighted by atomic mass is 16.5. The van der Waals surface area contributed by atoms with Crippen LogP contribution in [0.2, 0.25) is 0 Å². The van der Waals surface area contributed by atoms with E-state index in [1.807, 2.05) is 30.3 Å². The zero-order valence-corrected chi connectivity index (χ0v) is 16.9. The summed E-state index contributed by atoms with van der Waals surface area (Å²) in [5, 5.41) is 6.81. The predicted octanol–water partition coefficient (Wildman–Crippen LogP) is 3.08. The van der Waals surface area contributed by atoms with Crippen LogP contribution in [0.4, 0.5) is 0 Å². The fourth-order valence-corrected chi connectivity index (χ4v) is 3.19. The van der Waals surface area contributed by atoms with Gasteiger partial charge in [0.05, 0.1) is 19.4 Å². The van der Waals surface area contributed by atoms with Crippen LogP contribution < -0.4 is 15.4 Å². The molecule has 0 saturated heterocycles. The van der Waals surface area contributed by atoms with E-state index in [0.29, 0.717) is 0 Å². The standard InChI is InChI=1S/C21H32N4O2/c1-5-25(6-2)18(20-12-9-15-27-20)16-24-21(22-3)23-14-13-17-10-7-8-11-19(17)26-4/h7-12,15,18H,5-6,13-14,16H2,1-4H3,(H2,22,23,24). The third-order valence-electron chi connectivity index (χ3n) is 4.69. The maximum absolute atomic E-state index is 5.65. The molecule has 0 saturated carbocycles. The van der Waals surface area contributed by atoms with Gasteiger partial charge in [-0.1, -0.05) is 32.0 Å². The maximum atomic E-state index is 5.65. The van der Waals surface area contributed by atoms with Crippen LogP contribution in [-0.4, -0.2) is 51.2 Å². The molecule has 0 aliphatic heterocycles. The van der Waals surface area contributed by atoms with Gasteiger partial charge in [-0.2, -0.15) is 0 Å². The third kappa shape index (κ3) is 6.03. The van der Waals surface area contributed by atoms with E-state index in [1.54, 1.807) is 20.4 Å². The van der Waals surface area contributed by atoms with Crippen molar-refractivity contribution in [2.45, 2.75) is 26.3 Å². The number of methoxy groups -OCH3 is 1. The fourth-order valence-electron chi connectivity index (χ4n) is 3.19. The van der Waals surface area contributed by atoms with Gasteiger partial charge in [-0.3, -0.25) is 9.89 Å². The van der Waals surface area contributed by atoms with Crippen molar-refractivity contribution in [2.75, 3.05) is 40.3 Å². The Hall–Kier alpha value is -2.47. The van der Waals surface area contributed by atoms with Crippen LogP contribution in [0, 0.1) is 0 Å². The van der Waals surface area contributed by atoms with Crippen LogP contribution in [0.3, 0.4) is 0 Å². The molecule has 1 heterocycles. The Kier molecular flexibility index (Phi) is 8.71. The molecule has 0 spiro atoms. The van der Waals surface area contributed by atoms with Gasteiger partial charge in [-0.15, -0.1) is 0 Å². The lowest BCUT2D eigenvalue weighted by Crippen LogP contribution is -2.43. The van der Waals surface area contributed by atoms with Gasteiger partial charge in [-0.25, -0.2) is 0 Å². The number of hydrogen-bond donors (Lipinski definition) is 2. The number of furan rings is 1. The van der Waals surface area contributed by atoms with E-state index in [2.05, 4.69) is 40.4 Å². The average molecular weight is 373 g/mol. The molecule has 0 fully saturated rings. The second-order valence-corrected chi connectivity index (χ2v) is 6.19. The monoisotopic (exact) mass is 372 g/mol. The van der Waals surface area contributed by atoms with Crippen molar-refractivity contribution in [1.29, 1.82) is 0 Å². The minimum absolute atomic E-state index is 0.169. The van der Waals surface area contributed by atoms with E-state index in [9.17, 15) is 0 Å². The maximum Gasteiger partial charge on any atom is 0.191 e. The first-order chi connectivity index (χ1) is 13.2. The van der Waals surface area contributed by atoms with Crippen molar-refractivity contribution in [3.05, 3.63) is 54.0 Å². The zero-order valence-electron chi connectivity index (χ0n) is 16.9. The normalized spacial score (nSPS) is 12.9. The van der Waals surface area contributed by atoms with Gasteiger partial charge < -0.3 is 19.8 Å². The lowest BCUT2D eigenvalue weighted by atomic mass is 10.1. The van der Waals surface area contributed by atoms with Crippen LogP contribution in [0.15, 0.2) is 52.1 Å². The SMILES string of the molecule is CCN(CC)C(CNC(=NC)NCCc1ccccc1OC)c1ccco1. The molecule has 1 atom stereocenters. The molecule has 2 rings (SSSR count). The Morgan fingerprint density at radius 3 is 2.56 bits per heavy atom. The summed E-state index contributed by atoms with van der Waals surface area (Å²) < 4.78 is 11.1.